The van der Waals surface area contributed by atoms with Gasteiger partial charge in [-0.25, -0.2) is 9.78 Å². The number of primary amides is 1. The monoisotopic (exact) mass is 432 g/mol. The number of aromatic nitrogens is 7. The lowest BCUT2D eigenvalue weighted by Crippen LogP contribution is -2.39. The summed E-state index contributed by atoms with van der Waals surface area (Å²) in [6, 6.07) is 0.382. The second-order valence-corrected chi connectivity index (χ2v) is 8.56. The number of amides is 1. The molecule has 0 aromatic carbocycles. The Morgan fingerprint density at radius 3 is 2.73 bits per heavy atom. The van der Waals surface area contributed by atoms with Gasteiger partial charge >= 0.3 is 5.69 Å². The Kier molecular flexibility index (Phi) is 5.50. The maximum Gasteiger partial charge on any atom is 0.332 e. The van der Waals surface area contributed by atoms with Gasteiger partial charge in [0.25, 0.3) is 5.56 Å². The summed E-state index contributed by atoms with van der Waals surface area (Å²) < 4.78 is 6.39. The summed E-state index contributed by atoms with van der Waals surface area (Å²) in [5, 5.41) is 9.31. The van der Waals surface area contributed by atoms with Gasteiger partial charge in [0.05, 0.1) is 6.33 Å². The molecule has 0 unspecified atom stereocenters. The van der Waals surface area contributed by atoms with Crippen LogP contribution in [-0.4, -0.2) is 45.1 Å². The molecular formula is C18H24N8O3S. The topological polar surface area (TPSA) is 136 Å². The highest BCUT2D eigenvalue weighted by atomic mass is 32.2. The molecule has 0 atom stereocenters. The van der Waals surface area contributed by atoms with Crippen LogP contribution >= 0.6 is 11.8 Å². The van der Waals surface area contributed by atoms with Crippen LogP contribution in [0.25, 0.3) is 11.2 Å². The third kappa shape index (κ3) is 3.78. The van der Waals surface area contributed by atoms with E-state index in [4.69, 9.17) is 5.73 Å². The zero-order chi connectivity index (χ0) is 21.4. The predicted octanol–water partition coefficient (Wildman–Crippen LogP) is -0.0396. The van der Waals surface area contributed by atoms with Crippen molar-refractivity contribution in [3.63, 3.8) is 0 Å². The maximum atomic E-state index is 12.7. The molecule has 0 spiro atoms. The highest BCUT2D eigenvalue weighted by Gasteiger charge is 2.29. The van der Waals surface area contributed by atoms with E-state index in [1.807, 2.05) is 0 Å². The Morgan fingerprint density at radius 2 is 2.03 bits per heavy atom. The molecule has 0 radical (unpaired) electrons. The number of hydrogen-bond donors (Lipinski definition) is 1. The molecular weight excluding hydrogens is 408 g/mol. The summed E-state index contributed by atoms with van der Waals surface area (Å²) in [5.74, 6) is 1.11. The highest BCUT2D eigenvalue weighted by molar-refractivity contribution is 7.99. The smallest absolute Gasteiger partial charge is 0.332 e. The summed E-state index contributed by atoms with van der Waals surface area (Å²) in [6.45, 7) is 0.311. The van der Waals surface area contributed by atoms with Crippen LogP contribution in [0.15, 0.2) is 21.1 Å². The van der Waals surface area contributed by atoms with E-state index in [2.05, 4.69) is 19.7 Å². The fraction of sp³-hybridized carbons (Fsp3) is 0.556. The van der Waals surface area contributed by atoms with Gasteiger partial charge in [-0.2, -0.15) is 0 Å². The molecule has 160 valence electrons. The number of nitrogens with two attached hydrogens (primary N) is 1. The van der Waals surface area contributed by atoms with Crippen LogP contribution in [0.5, 0.6) is 0 Å². The Morgan fingerprint density at radius 1 is 1.27 bits per heavy atom. The molecule has 12 heteroatoms. The first kappa shape index (κ1) is 20.4. The van der Waals surface area contributed by atoms with E-state index in [1.165, 1.54) is 15.5 Å². The third-order valence-corrected chi connectivity index (χ3v) is 6.23. The number of rotatable bonds is 9. The van der Waals surface area contributed by atoms with Crippen molar-refractivity contribution in [2.45, 2.75) is 49.8 Å². The third-order valence-electron chi connectivity index (χ3n) is 5.20. The summed E-state index contributed by atoms with van der Waals surface area (Å²) in [6.07, 6.45) is 5.04. The minimum absolute atomic E-state index is 0.248. The van der Waals surface area contributed by atoms with E-state index in [0.717, 1.165) is 23.8 Å². The number of carbonyl (C=O) groups excluding carboxylic acids is 1. The van der Waals surface area contributed by atoms with Crippen LogP contribution in [0.3, 0.4) is 0 Å². The largest absolute Gasteiger partial charge is 0.370 e. The van der Waals surface area contributed by atoms with Gasteiger partial charge in [-0.05, 0) is 19.3 Å². The molecule has 1 aliphatic rings. The van der Waals surface area contributed by atoms with E-state index in [1.54, 1.807) is 30.4 Å². The lowest BCUT2D eigenvalue weighted by atomic mass is 10.3. The molecule has 1 amide bonds. The molecule has 3 heterocycles. The SMILES string of the molecule is Cn1cnc2c1c(=O)n(CCCSc1nnc(CCC(N)=O)n1C1CC1)c(=O)n2C. The van der Waals surface area contributed by atoms with Gasteiger partial charge < -0.3 is 14.9 Å². The van der Waals surface area contributed by atoms with Gasteiger partial charge in [0.1, 0.15) is 5.82 Å². The van der Waals surface area contributed by atoms with E-state index in [9.17, 15) is 14.4 Å². The number of thioether (sulfide) groups is 1. The number of nitrogens with zero attached hydrogens (tertiary/aromatic N) is 7. The Labute approximate surface area is 175 Å². The summed E-state index contributed by atoms with van der Waals surface area (Å²) in [7, 11) is 3.36. The van der Waals surface area contributed by atoms with Crippen molar-refractivity contribution < 1.29 is 4.79 Å². The van der Waals surface area contributed by atoms with Crippen LogP contribution in [0.4, 0.5) is 0 Å². The molecule has 0 saturated heterocycles. The predicted molar refractivity (Wildman–Crippen MR) is 111 cm³/mol. The van der Waals surface area contributed by atoms with Crippen molar-refractivity contribution in [2.75, 3.05) is 5.75 Å². The minimum Gasteiger partial charge on any atom is -0.370 e. The van der Waals surface area contributed by atoms with Crippen LogP contribution in [0, 0.1) is 0 Å². The number of carbonyl (C=O) groups is 1. The Bertz CT molecular complexity index is 1220. The van der Waals surface area contributed by atoms with Gasteiger partial charge in [0.2, 0.25) is 5.91 Å². The van der Waals surface area contributed by atoms with Gasteiger partial charge in [-0.1, -0.05) is 11.8 Å². The van der Waals surface area contributed by atoms with Gasteiger partial charge in [-0.3, -0.25) is 18.7 Å². The second kappa shape index (κ2) is 8.09. The van der Waals surface area contributed by atoms with Gasteiger partial charge in [0.15, 0.2) is 16.3 Å². The standard InChI is InChI=1S/C18H24N8O3S/c1-23-10-20-15-14(23)16(28)25(18(29)24(15)2)8-3-9-30-17-22-21-13(7-6-12(19)27)26(17)11-4-5-11/h10-11H,3-9H2,1-2H3,(H2,19,27). The number of fused-ring (bicyclic) bond motifs is 1. The highest BCUT2D eigenvalue weighted by Crippen LogP contribution is 2.39. The number of hydrogen-bond acceptors (Lipinski definition) is 7. The van der Waals surface area contributed by atoms with Gasteiger partial charge in [0, 0.05) is 45.3 Å². The normalized spacial score (nSPS) is 13.9. The fourth-order valence-electron chi connectivity index (χ4n) is 3.49. The number of aryl methyl sites for hydroxylation is 3. The molecule has 0 bridgehead atoms. The minimum atomic E-state index is -0.369. The quantitative estimate of drug-likeness (QED) is 0.370. The van der Waals surface area contributed by atoms with Crippen LogP contribution in [0.1, 0.15) is 37.5 Å². The van der Waals surface area contributed by atoms with Crippen molar-refractivity contribution >= 4 is 28.8 Å². The zero-order valence-corrected chi connectivity index (χ0v) is 17.8. The van der Waals surface area contributed by atoms with Crippen LogP contribution in [-0.2, 0) is 31.9 Å². The molecule has 1 saturated carbocycles. The summed E-state index contributed by atoms with van der Waals surface area (Å²) in [4.78, 5) is 40.5. The second-order valence-electron chi connectivity index (χ2n) is 7.49. The zero-order valence-electron chi connectivity index (χ0n) is 16.9. The van der Waals surface area contributed by atoms with E-state index >= 15 is 0 Å². The summed E-state index contributed by atoms with van der Waals surface area (Å²) >= 11 is 1.55. The van der Waals surface area contributed by atoms with Crippen LogP contribution in [0.2, 0.25) is 0 Å². The molecule has 30 heavy (non-hydrogen) atoms. The average Bonchev–Trinajstić information content (AvgIpc) is 3.35. The molecule has 11 nitrogen and oxygen atoms in total. The summed E-state index contributed by atoms with van der Waals surface area (Å²) in [5.41, 5.74) is 5.36. The van der Waals surface area contributed by atoms with E-state index in [0.29, 0.717) is 42.3 Å². The molecule has 1 fully saturated rings. The molecule has 3 aromatic rings. The maximum absolute atomic E-state index is 12.7. The Hall–Kier alpha value is -2.89. The van der Waals surface area contributed by atoms with Crippen molar-refractivity contribution in [3.05, 3.63) is 33.0 Å². The van der Waals surface area contributed by atoms with Crippen molar-refractivity contribution in [1.82, 2.24) is 33.4 Å². The molecule has 2 N–H and O–H groups in total. The Balaban J connectivity index is 1.45. The molecule has 3 aromatic heterocycles. The molecule has 0 aliphatic heterocycles. The van der Waals surface area contributed by atoms with Crippen LogP contribution < -0.4 is 17.0 Å². The molecule has 1 aliphatic carbocycles. The van der Waals surface area contributed by atoms with Gasteiger partial charge in [-0.15, -0.1) is 10.2 Å². The first-order chi connectivity index (χ1) is 14.4. The lowest BCUT2D eigenvalue weighted by molar-refractivity contribution is -0.118. The van der Waals surface area contributed by atoms with E-state index < -0.39 is 0 Å². The van der Waals surface area contributed by atoms with Crippen molar-refractivity contribution in [3.8, 4) is 0 Å². The molecule has 4 rings (SSSR count). The first-order valence-electron chi connectivity index (χ1n) is 9.84. The fourth-order valence-corrected chi connectivity index (χ4v) is 4.44. The number of imidazole rings is 1. The van der Waals surface area contributed by atoms with Crippen molar-refractivity contribution in [1.29, 1.82) is 0 Å². The van der Waals surface area contributed by atoms with Crippen molar-refractivity contribution in [2.24, 2.45) is 19.8 Å². The lowest BCUT2D eigenvalue weighted by Gasteiger charge is -2.10. The van der Waals surface area contributed by atoms with E-state index in [-0.39, 0.29) is 23.6 Å². The average molecular weight is 433 g/mol. The first-order valence-corrected chi connectivity index (χ1v) is 10.8.